The van der Waals surface area contributed by atoms with Crippen LogP contribution >= 0.6 is 11.6 Å². The molecule has 0 radical (unpaired) electrons. The Kier molecular flexibility index (Phi) is 5.98. The maximum absolute atomic E-state index is 12.8. The van der Waals surface area contributed by atoms with Crippen LogP contribution in [-0.4, -0.2) is 62.0 Å². The maximum atomic E-state index is 12.8. The Labute approximate surface area is 163 Å². The summed E-state index contributed by atoms with van der Waals surface area (Å²) in [6, 6.07) is 11.8. The summed E-state index contributed by atoms with van der Waals surface area (Å²) in [5.41, 5.74) is 1.30. The van der Waals surface area contributed by atoms with Gasteiger partial charge in [0, 0.05) is 31.7 Å². The van der Waals surface area contributed by atoms with E-state index in [1.165, 1.54) is 7.11 Å². The molecule has 2 aromatic carbocycles. The molecule has 1 fully saturated rings. The lowest BCUT2D eigenvalue weighted by atomic mass is 10.1. The van der Waals surface area contributed by atoms with Crippen LogP contribution in [0.4, 0.5) is 5.69 Å². The Morgan fingerprint density at radius 1 is 1.07 bits per heavy atom. The minimum Gasteiger partial charge on any atom is -0.495 e. The van der Waals surface area contributed by atoms with Gasteiger partial charge in [-0.2, -0.15) is 0 Å². The van der Waals surface area contributed by atoms with Gasteiger partial charge in [0.05, 0.1) is 23.4 Å². The average Bonchev–Trinajstić information content (AvgIpc) is 2.68. The van der Waals surface area contributed by atoms with Crippen LogP contribution in [0.3, 0.4) is 0 Å². The van der Waals surface area contributed by atoms with Gasteiger partial charge in [0.1, 0.15) is 5.75 Å². The van der Waals surface area contributed by atoms with Crippen LogP contribution in [0.1, 0.15) is 20.7 Å². The largest absolute Gasteiger partial charge is 0.495 e. The number of anilines is 1. The number of benzene rings is 2. The minimum absolute atomic E-state index is 0.0565. The van der Waals surface area contributed by atoms with E-state index in [-0.39, 0.29) is 11.8 Å². The number of hydrogen-bond acceptors (Lipinski definition) is 4. The monoisotopic (exact) mass is 387 g/mol. The summed E-state index contributed by atoms with van der Waals surface area (Å²) < 4.78 is 5.33. The summed E-state index contributed by atoms with van der Waals surface area (Å²) >= 11 is 6.10. The SMILES string of the molecule is COc1ccc(C(=O)N2CCN(C)CC2)cc1NC(=O)c1ccccc1Cl. The number of likely N-dealkylation sites (N-methyl/N-ethyl adjacent to an activating group) is 1. The summed E-state index contributed by atoms with van der Waals surface area (Å²) in [6.07, 6.45) is 0. The second kappa shape index (κ2) is 8.41. The summed E-state index contributed by atoms with van der Waals surface area (Å²) in [5, 5.41) is 3.16. The van der Waals surface area contributed by atoms with Crippen LogP contribution in [-0.2, 0) is 0 Å². The third-order valence-electron chi connectivity index (χ3n) is 4.60. The fourth-order valence-corrected chi connectivity index (χ4v) is 3.19. The molecule has 3 rings (SSSR count). The Morgan fingerprint density at radius 3 is 2.44 bits per heavy atom. The van der Waals surface area contributed by atoms with Crippen LogP contribution < -0.4 is 10.1 Å². The summed E-state index contributed by atoms with van der Waals surface area (Å²) in [6.45, 7) is 3.06. The van der Waals surface area contributed by atoms with Crippen molar-refractivity contribution >= 4 is 29.1 Å². The lowest BCUT2D eigenvalue weighted by molar-refractivity contribution is 0.0664. The van der Waals surface area contributed by atoms with Gasteiger partial charge in [-0.05, 0) is 37.4 Å². The first-order valence-electron chi connectivity index (χ1n) is 8.71. The minimum atomic E-state index is -0.358. The molecule has 1 heterocycles. The predicted octanol–water partition coefficient (Wildman–Crippen LogP) is 2.99. The number of methoxy groups -OCH3 is 1. The molecule has 1 aliphatic heterocycles. The molecule has 0 aromatic heterocycles. The maximum Gasteiger partial charge on any atom is 0.257 e. The van der Waals surface area contributed by atoms with E-state index in [0.717, 1.165) is 13.1 Å². The molecular weight excluding hydrogens is 366 g/mol. The molecule has 27 heavy (non-hydrogen) atoms. The molecule has 1 saturated heterocycles. The number of hydrogen-bond donors (Lipinski definition) is 1. The number of carbonyl (C=O) groups is 2. The predicted molar refractivity (Wildman–Crippen MR) is 106 cm³/mol. The van der Waals surface area contributed by atoms with Gasteiger partial charge < -0.3 is 19.9 Å². The molecule has 0 aliphatic carbocycles. The molecule has 2 amide bonds. The molecule has 0 spiro atoms. The number of rotatable bonds is 4. The zero-order valence-corrected chi connectivity index (χ0v) is 16.1. The first kappa shape index (κ1) is 19.2. The van der Waals surface area contributed by atoms with E-state index in [0.29, 0.717) is 40.7 Å². The highest BCUT2D eigenvalue weighted by atomic mass is 35.5. The van der Waals surface area contributed by atoms with Gasteiger partial charge in [0.15, 0.2) is 0 Å². The van der Waals surface area contributed by atoms with Gasteiger partial charge in [-0.1, -0.05) is 23.7 Å². The lowest BCUT2D eigenvalue weighted by Gasteiger charge is -2.32. The zero-order chi connectivity index (χ0) is 19.4. The smallest absolute Gasteiger partial charge is 0.257 e. The molecule has 1 aliphatic rings. The normalized spacial score (nSPS) is 14.7. The van der Waals surface area contributed by atoms with E-state index in [9.17, 15) is 9.59 Å². The Balaban J connectivity index is 1.82. The Bertz CT molecular complexity index is 848. The Morgan fingerprint density at radius 2 is 1.78 bits per heavy atom. The number of amides is 2. The highest BCUT2D eigenvalue weighted by Crippen LogP contribution is 2.27. The fraction of sp³-hybridized carbons (Fsp3) is 0.300. The molecule has 0 atom stereocenters. The van der Waals surface area contributed by atoms with Gasteiger partial charge in [-0.15, -0.1) is 0 Å². The molecule has 7 heteroatoms. The van der Waals surface area contributed by atoms with Crippen LogP contribution in [0.5, 0.6) is 5.75 Å². The van der Waals surface area contributed by atoms with Crippen LogP contribution in [0.25, 0.3) is 0 Å². The number of ether oxygens (including phenoxy) is 1. The summed E-state index contributed by atoms with van der Waals surface area (Å²) in [7, 11) is 3.56. The molecule has 2 aromatic rings. The lowest BCUT2D eigenvalue weighted by Crippen LogP contribution is -2.47. The quantitative estimate of drug-likeness (QED) is 0.876. The van der Waals surface area contributed by atoms with Crippen LogP contribution in [0.2, 0.25) is 5.02 Å². The van der Waals surface area contributed by atoms with Crippen LogP contribution in [0.15, 0.2) is 42.5 Å². The van der Waals surface area contributed by atoms with Crippen molar-refractivity contribution in [3.63, 3.8) is 0 Å². The van der Waals surface area contributed by atoms with E-state index < -0.39 is 0 Å². The van der Waals surface area contributed by atoms with Crippen LogP contribution in [0, 0.1) is 0 Å². The van der Waals surface area contributed by atoms with Gasteiger partial charge in [0.25, 0.3) is 11.8 Å². The van der Waals surface area contributed by atoms with Gasteiger partial charge in [-0.3, -0.25) is 9.59 Å². The number of halogens is 1. The summed E-state index contributed by atoms with van der Waals surface area (Å²) in [5.74, 6) is 0.0624. The van der Waals surface area contributed by atoms with Gasteiger partial charge in [0.2, 0.25) is 0 Å². The van der Waals surface area contributed by atoms with E-state index >= 15 is 0 Å². The molecule has 0 unspecified atom stereocenters. The van der Waals surface area contributed by atoms with E-state index in [4.69, 9.17) is 16.3 Å². The summed E-state index contributed by atoms with van der Waals surface area (Å²) in [4.78, 5) is 29.4. The van der Waals surface area contributed by atoms with Crippen molar-refractivity contribution in [3.8, 4) is 5.75 Å². The first-order chi connectivity index (χ1) is 13.0. The third kappa shape index (κ3) is 4.40. The average molecular weight is 388 g/mol. The number of carbonyl (C=O) groups excluding carboxylic acids is 2. The highest BCUT2D eigenvalue weighted by Gasteiger charge is 2.22. The van der Waals surface area contributed by atoms with Crippen molar-refractivity contribution < 1.29 is 14.3 Å². The second-order valence-electron chi connectivity index (χ2n) is 6.44. The van der Waals surface area contributed by atoms with E-state index in [1.54, 1.807) is 42.5 Å². The molecule has 1 N–H and O–H groups in total. The highest BCUT2D eigenvalue weighted by molar-refractivity contribution is 6.34. The van der Waals surface area contributed by atoms with E-state index in [1.807, 2.05) is 11.9 Å². The molecule has 6 nitrogen and oxygen atoms in total. The second-order valence-corrected chi connectivity index (χ2v) is 6.85. The molecule has 0 saturated carbocycles. The van der Waals surface area contributed by atoms with Crippen molar-refractivity contribution in [3.05, 3.63) is 58.6 Å². The number of nitrogens with zero attached hydrogens (tertiary/aromatic N) is 2. The van der Waals surface area contributed by atoms with Crippen molar-refractivity contribution in [2.24, 2.45) is 0 Å². The van der Waals surface area contributed by atoms with Crippen molar-refractivity contribution in [1.82, 2.24) is 9.80 Å². The molecule has 0 bridgehead atoms. The molecule has 142 valence electrons. The van der Waals surface area contributed by atoms with Crippen molar-refractivity contribution in [1.29, 1.82) is 0 Å². The first-order valence-corrected chi connectivity index (χ1v) is 9.09. The zero-order valence-electron chi connectivity index (χ0n) is 15.4. The van der Waals surface area contributed by atoms with Gasteiger partial charge >= 0.3 is 0 Å². The van der Waals surface area contributed by atoms with Gasteiger partial charge in [-0.25, -0.2) is 0 Å². The molecular formula is C20H22ClN3O3. The van der Waals surface area contributed by atoms with Crippen molar-refractivity contribution in [2.45, 2.75) is 0 Å². The topological polar surface area (TPSA) is 61.9 Å². The van der Waals surface area contributed by atoms with E-state index in [2.05, 4.69) is 10.2 Å². The van der Waals surface area contributed by atoms with Crippen molar-refractivity contribution in [2.75, 3.05) is 45.7 Å². The number of nitrogens with one attached hydrogen (secondary N) is 1. The fourth-order valence-electron chi connectivity index (χ4n) is 2.97. The third-order valence-corrected chi connectivity index (χ3v) is 4.93. The Hall–Kier alpha value is -2.57. The number of piperazine rings is 1. The standard InChI is InChI=1S/C20H22ClN3O3/c1-23-9-11-24(12-10-23)20(26)14-7-8-18(27-2)17(13-14)22-19(25)15-5-3-4-6-16(15)21/h3-8,13H,9-12H2,1-2H3,(H,22,25).